The second-order valence-electron chi connectivity index (χ2n) is 5.38. The summed E-state index contributed by atoms with van der Waals surface area (Å²) < 4.78 is 78.0. The largest absolute Gasteiger partial charge is 0.419 e. The Labute approximate surface area is 136 Å². The standard InChI is InChI=1S/C14H16F4N2O3S/c1-19-13(21)12-4-2-3-7-20(12)24(22,23)9-5-6-11(15)10(8-9)14(16,17)18/h5-6,8,12H,2-4,7H2,1H3,(H,19,21)/t12-/m0/s1. The number of carbonyl (C=O) groups is 1. The monoisotopic (exact) mass is 368 g/mol. The summed E-state index contributed by atoms with van der Waals surface area (Å²) in [7, 11) is -3.01. The van der Waals surface area contributed by atoms with Crippen molar-refractivity contribution < 1.29 is 30.8 Å². The lowest BCUT2D eigenvalue weighted by Crippen LogP contribution is -2.51. The van der Waals surface area contributed by atoms with E-state index in [4.69, 9.17) is 0 Å². The molecule has 1 aliphatic heterocycles. The van der Waals surface area contributed by atoms with Gasteiger partial charge >= 0.3 is 6.18 Å². The molecule has 0 spiro atoms. The van der Waals surface area contributed by atoms with Crippen molar-refractivity contribution in [1.82, 2.24) is 9.62 Å². The van der Waals surface area contributed by atoms with Gasteiger partial charge in [0.15, 0.2) is 0 Å². The average molecular weight is 368 g/mol. The molecular formula is C14H16F4N2O3S. The van der Waals surface area contributed by atoms with Crippen LogP contribution in [0.1, 0.15) is 24.8 Å². The highest BCUT2D eigenvalue weighted by atomic mass is 32.2. The molecule has 1 saturated heterocycles. The summed E-state index contributed by atoms with van der Waals surface area (Å²) in [5.74, 6) is -2.08. The first-order valence-electron chi connectivity index (χ1n) is 7.19. The predicted molar refractivity (Wildman–Crippen MR) is 77.0 cm³/mol. The minimum atomic E-state index is -5.02. The van der Waals surface area contributed by atoms with Crippen LogP contribution in [0.4, 0.5) is 17.6 Å². The van der Waals surface area contributed by atoms with Crippen LogP contribution in [0.3, 0.4) is 0 Å². The maximum atomic E-state index is 13.4. The molecule has 24 heavy (non-hydrogen) atoms. The van der Waals surface area contributed by atoms with Crippen molar-refractivity contribution in [3.8, 4) is 0 Å². The predicted octanol–water partition coefficient (Wildman–Crippen LogP) is 2.13. The van der Waals surface area contributed by atoms with E-state index in [0.717, 1.165) is 10.4 Å². The van der Waals surface area contributed by atoms with Gasteiger partial charge in [0, 0.05) is 13.6 Å². The van der Waals surface area contributed by atoms with E-state index in [1.807, 2.05) is 0 Å². The lowest BCUT2D eigenvalue weighted by atomic mass is 10.0. The number of likely N-dealkylation sites (N-methyl/N-ethyl adjacent to an activating group) is 1. The lowest BCUT2D eigenvalue weighted by molar-refractivity contribution is -0.140. The van der Waals surface area contributed by atoms with Gasteiger partial charge < -0.3 is 5.32 Å². The van der Waals surface area contributed by atoms with Crippen LogP contribution in [0, 0.1) is 5.82 Å². The summed E-state index contributed by atoms with van der Waals surface area (Å²) in [5.41, 5.74) is -1.66. The second-order valence-corrected chi connectivity index (χ2v) is 7.27. The van der Waals surface area contributed by atoms with Gasteiger partial charge in [-0.25, -0.2) is 12.8 Å². The number of rotatable bonds is 3. The van der Waals surface area contributed by atoms with Gasteiger partial charge in [0.2, 0.25) is 15.9 Å². The van der Waals surface area contributed by atoms with Gasteiger partial charge in [-0.3, -0.25) is 4.79 Å². The van der Waals surface area contributed by atoms with Gasteiger partial charge in [0.25, 0.3) is 0 Å². The third-order valence-electron chi connectivity index (χ3n) is 3.85. The Morgan fingerprint density at radius 3 is 2.54 bits per heavy atom. The first-order valence-corrected chi connectivity index (χ1v) is 8.63. The van der Waals surface area contributed by atoms with E-state index in [0.29, 0.717) is 18.9 Å². The number of hydrogen-bond donors (Lipinski definition) is 1. The van der Waals surface area contributed by atoms with Crippen LogP contribution >= 0.6 is 0 Å². The maximum Gasteiger partial charge on any atom is 0.419 e. The summed E-state index contributed by atoms with van der Waals surface area (Å²) in [5, 5.41) is 2.35. The number of nitrogens with one attached hydrogen (secondary N) is 1. The zero-order valence-electron chi connectivity index (χ0n) is 12.7. The molecule has 1 N–H and O–H groups in total. The van der Waals surface area contributed by atoms with Crippen LogP contribution < -0.4 is 5.32 Å². The van der Waals surface area contributed by atoms with E-state index in [-0.39, 0.29) is 19.0 Å². The van der Waals surface area contributed by atoms with E-state index in [2.05, 4.69) is 5.32 Å². The van der Waals surface area contributed by atoms with Gasteiger partial charge in [-0.1, -0.05) is 6.42 Å². The highest BCUT2D eigenvalue weighted by Crippen LogP contribution is 2.34. The number of benzene rings is 1. The number of hydrogen-bond acceptors (Lipinski definition) is 3. The van der Waals surface area contributed by atoms with Crippen molar-refractivity contribution >= 4 is 15.9 Å². The van der Waals surface area contributed by atoms with Crippen LogP contribution in [0.2, 0.25) is 0 Å². The van der Waals surface area contributed by atoms with Crippen LogP contribution in [0.25, 0.3) is 0 Å². The number of nitrogens with zero attached hydrogens (tertiary/aromatic N) is 1. The van der Waals surface area contributed by atoms with E-state index in [1.165, 1.54) is 7.05 Å². The zero-order valence-corrected chi connectivity index (χ0v) is 13.5. The van der Waals surface area contributed by atoms with Crippen LogP contribution in [0.5, 0.6) is 0 Å². The first kappa shape index (κ1) is 18.7. The van der Waals surface area contributed by atoms with E-state index in [1.54, 1.807) is 0 Å². The number of sulfonamides is 1. The Kier molecular flexibility index (Phi) is 5.19. The maximum absolute atomic E-state index is 13.4. The van der Waals surface area contributed by atoms with Gasteiger partial charge in [-0.05, 0) is 31.0 Å². The molecular weight excluding hydrogens is 352 g/mol. The molecule has 10 heteroatoms. The number of alkyl halides is 3. The molecule has 1 aliphatic rings. The molecule has 0 unspecified atom stereocenters. The van der Waals surface area contributed by atoms with E-state index in [9.17, 15) is 30.8 Å². The highest BCUT2D eigenvalue weighted by Gasteiger charge is 2.40. The highest BCUT2D eigenvalue weighted by molar-refractivity contribution is 7.89. The molecule has 1 aromatic carbocycles. The molecule has 134 valence electrons. The minimum Gasteiger partial charge on any atom is -0.358 e. The normalized spacial score (nSPS) is 20.0. The van der Waals surface area contributed by atoms with Gasteiger partial charge in [-0.2, -0.15) is 17.5 Å². The molecule has 0 saturated carbocycles. The fraction of sp³-hybridized carbons (Fsp3) is 0.500. The summed E-state index contributed by atoms with van der Waals surface area (Å²) in [6, 6.07) is 0.512. The van der Waals surface area contributed by atoms with Crippen molar-refractivity contribution in [1.29, 1.82) is 0 Å². The Hall–Kier alpha value is -1.68. The molecule has 1 aromatic rings. The number of amides is 1. The number of carbonyl (C=O) groups excluding carboxylic acids is 1. The Morgan fingerprint density at radius 1 is 1.29 bits per heavy atom. The number of halogens is 4. The number of piperidine rings is 1. The fourth-order valence-corrected chi connectivity index (χ4v) is 4.32. The summed E-state index contributed by atoms with van der Waals surface area (Å²) in [6.45, 7) is 0.0130. The Morgan fingerprint density at radius 2 is 1.96 bits per heavy atom. The van der Waals surface area contributed by atoms with Gasteiger partial charge in [-0.15, -0.1) is 0 Å². The van der Waals surface area contributed by atoms with Crippen LogP contribution in [-0.2, 0) is 21.0 Å². The molecule has 1 atom stereocenters. The van der Waals surface area contributed by atoms with Crippen molar-refractivity contribution in [2.75, 3.05) is 13.6 Å². The summed E-state index contributed by atoms with van der Waals surface area (Å²) >= 11 is 0. The fourth-order valence-electron chi connectivity index (χ4n) is 2.64. The topological polar surface area (TPSA) is 66.5 Å². The molecule has 0 aliphatic carbocycles. The average Bonchev–Trinajstić information content (AvgIpc) is 2.53. The summed E-state index contributed by atoms with van der Waals surface area (Å²) in [4.78, 5) is 11.2. The molecule has 2 rings (SSSR count). The van der Waals surface area contributed by atoms with Crippen LogP contribution in [-0.4, -0.2) is 38.3 Å². The second kappa shape index (κ2) is 6.67. The van der Waals surface area contributed by atoms with E-state index >= 15 is 0 Å². The third-order valence-corrected chi connectivity index (χ3v) is 5.76. The Balaban J connectivity index is 2.48. The van der Waals surface area contributed by atoms with Crippen molar-refractivity contribution in [3.63, 3.8) is 0 Å². The van der Waals surface area contributed by atoms with E-state index < -0.39 is 44.4 Å². The van der Waals surface area contributed by atoms with Crippen molar-refractivity contribution in [2.24, 2.45) is 0 Å². The lowest BCUT2D eigenvalue weighted by Gasteiger charge is -2.33. The zero-order chi connectivity index (χ0) is 18.1. The molecule has 0 bridgehead atoms. The molecule has 0 aromatic heterocycles. The minimum absolute atomic E-state index is 0.0130. The van der Waals surface area contributed by atoms with Crippen molar-refractivity contribution in [2.45, 2.75) is 36.4 Å². The SMILES string of the molecule is CNC(=O)[C@@H]1CCCCN1S(=O)(=O)c1ccc(F)c(C(F)(F)F)c1. The first-order chi connectivity index (χ1) is 11.1. The molecule has 1 amide bonds. The molecule has 5 nitrogen and oxygen atoms in total. The smallest absolute Gasteiger partial charge is 0.358 e. The van der Waals surface area contributed by atoms with Gasteiger partial charge in [0.05, 0.1) is 10.5 Å². The van der Waals surface area contributed by atoms with Crippen LogP contribution in [0.15, 0.2) is 23.1 Å². The molecule has 0 radical (unpaired) electrons. The molecule has 1 fully saturated rings. The molecule has 1 heterocycles. The summed E-state index contributed by atoms with van der Waals surface area (Å²) in [6.07, 6.45) is -3.63. The van der Waals surface area contributed by atoms with Gasteiger partial charge in [0.1, 0.15) is 11.9 Å². The quantitative estimate of drug-likeness (QED) is 0.832. The third kappa shape index (κ3) is 3.54. The Bertz CT molecular complexity index is 734. The van der Waals surface area contributed by atoms with Crippen molar-refractivity contribution in [3.05, 3.63) is 29.6 Å².